The summed E-state index contributed by atoms with van der Waals surface area (Å²) in [4.78, 5) is 0. The Kier molecular flexibility index (Phi) is 1.85. The largest absolute Gasteiger partial charge is 0.260 e. The second-order valence-corrected chi connectivity index (χ2v) is 3.71. The Bertz CT molecular complexity index is 436. The number of aromatic nitrogens is 2. The first-order chi connectivity index (χ1) is 5.70. The van der Waals surface area contributed by atoms with Crippen LogP contribution in [0.3, 0.4) is 0 Å². The Labute approximate surface area is 83.3 Å². The molecule has 0 N–H and O–H groups in total. The highest BCUT2D eigenvalue weighted by Gasteiger charge is 2.07. The monoisotopic (exact) mass is 244 g/mol. The van der Waals surface area contributed by atoms with Crippen molar-refractivity contribution < 1.29 is 0 Å². The van der Waals surface area contributed by atoms with Crippen molar-refractivity contribution in [3.8, 4) is 0 Å². The van der Waals surface area contributed by atoms with Crippen molar-refractivity contribution in [1.29, 1.82) is 0 Å². The molecule has 0 aliphatic rings. The minimum absolute atomic E-state index is 0.689. The molecular weight excluding hydrogens is 239 g/mol. The highest BCUT2D eigenvalue weighted by molar-refractivity contribution is 9.10. The highest BCUT2D eigenvalue weighted by atomic mass is 79.9. The van der Waals surface area contributed by atoms with Gasteiger partial charge < -0.3 is 0 Å². The zero-order valence-electron chi connectivity index (χ0n) is 6.38. The Morgan fingerprint density at radius 3 is 2.92 bits per heavy atom. The average molecular weight is 246 g/mol. The second kappa shape index (κ2) is 2.75. The Morgan fingerprint density at radius 2 is 2.25 bits per heavy atom. The van der Waals surface area contributed by atoms with Crippen LogP contribution in [0.5, 0.6) is 0 Å². The average Bonchev–Trinajstić information content (AvgIpc) is 2.32. The van der Waals surface area contributed by atoms with E-state index in [1.54, 1.807) is 4.68 Å². The molecule has 0 radical (unpaired) electrons. The van der Waals surface area contributed by atoms with Gasteiger partial charge in [-0.25, -0.2) is 0 Å². The van der Waals surface area contributed by atoms with Crippen LogP contribution in [-0.2, 0) is 7.05 Å². The van der Waals surface area contributed by atoms with E-state index in [2.05, 4.69) is 21.0 Å². The molecule has 62 valence electrons. The number of nitrogens with zero attached hydrogens (tertiary/aromatic N) is 2. The van der Waals surface area contributed by atoms with E-state index in [-0.39, 0.29) is 0 Å². The van der Waals surface area contributed by atoms with Crippen LogP contribution in [-0.4, -0.2) is 9.78 Å². The minimum atomic E-state index is 0.689. The van der Waals surface area contributed by atoms with Gasteiger partial charge in [0.1, 0.15) is 10.1 Å². The summed E-state index contributed by atoms with van der Waals surface area (Å²) in [5, 5.41) is 5.99. The number of hydrogen-bond acceptors (Lipinski definition) is 1. The number of aryl methyl sites for hydroxylation is 1. The first kappa shape index (κ1) is 8.08. The van der Waals surface area contributed by atoms with Gasteiger partial charge in [-0.2, -0.15) is 5.10 Å². The fraction of sp³-hybridized carbons (Fsp3) is 0.125. The lowest BCUT2D eigenvalue weighted by atomic mass is 10.3. The zero-order valence-corrected chi connectivity index (χ0v) is 8.72. The number of fused-ring (bicyclic) bond motifs is 1. The van der Waals surface area contributed by atoms with Gasteiger partial charge in [0.2, 0.25) is 0 Å². The van der Waals surface area contributed by atoms with Gasteiger partial charge >= 0.3 is 0 Å². The standard InChI is InChI=1S/C8H6BrClN2/c1-12-8(9)5-3-2-4-6(10)7(5)11-12/h2-4H,1H3. The van der Waals surface area contributed by atoms with Crippen molar-refractivity contribution in [2.24, 2.45) is 7.05 Å². The van der Waals surface area contributed by atoms with Gasteiger partial charge in [-0.3, -0.25) is 4.68 Å². The van der Waals surface area contributed by atoms with E-state index in [9.17, 15) is 0 Å². The summed E-state index contributed by atoms with van der Waals surface area (Å²) in [6.07, 6.45) is 0. The minimum Gasteiger partial charge on any atom is -0.260 e. The van der Waals surface area contributed by atoms with Crippen LogP contribution in [0.15, 0.2) is 22.8 Å². The third kappa shape index (κ3) is 1.04. The van der Waals surface area contributed by atoms with Crippen LogP contribution in [0.25, 0.3) is 10.9 Å². The van der Waals surface area contributed by atoms with Crippen molar-refractivity contribution in [3.05, 3.63) is 27.8 Å². The molecule has 1 heterocycles. The smallest absolute Gasteiger partial charge is 0.112 e. The van der Waals surface area contributed by atoms with E-state index in [1.807, 2.05) is 25.2 Å². The van der Waals surface area contributed by atoms with E-state index >= 15 is 0 Å². The lowest BCUT2D eigenvalue weighted by molar-refractivity contribution is 0.761. The summed E-state index contributed by atoms with van der Waals surface area (Å²) in [6.45, 7) is 0. The molecule has 0 atom stereocenters. The molecule has 1 aromatic heterocycles. The lowest BCUT2D eigenvalue weighted by Crippen LogP contribution is -1.88. The van der Waals surface area contributed by atoms with E-state index in [1.165, 1.54) is 0 Å². The van der Waals surface area contributed by atoms with Crippen LogP contribution in [0, 0.1) is 0 Å². The third-order valence-electron chi connectivity index (χ3n) is 1.74. The predicted molar refractivity (Wildman–Crippen MR) is 53.4 cm³/mol. The van der Waals surface area contributed by atoms with Gasteiger partial charge in [0.25, 0.3) is 0 Å². The van der Waals surface area contributed by atoms with Crippen LogP contribution < -0.4 is 0 Å². The molecule has 2 rings (SSSR count). The quantitative estimate of drug-likeness (QED) is 0.698. The maximum atomic E-state index is 5.95. The SMILES string of the molecule is Cn1nc2c(Cl)cccc2c1Br. The summed E-state index contributed by atoms with van der Waals surface area (Å²) in [5.41, 5.74) is 0.841. The van der Waals surface area contributed by atoms with Crippen LogP contribution >= 0.6 is 27.5 Å². The molecule has 0 fully saturated rings. The molecule has 0 aliphatic heterocycles. The Morgan fingerprint density at radius 1 is 1.50 bits per heavy atom. The summed E-state index contributed by atoms with van der Waals surface area (Å²) < 4.78 is 2.72. The molecule has 0 spiro atoms. The lowest BCUT2D eigenvalue weighted by Gasteiger charge is -1.89. The van der Waals surface area contributed by atoms with Crippen molar-refractivity contribution in [3.63, 3.8) is 0 Å². The van der Waals surface area contributed by atoms with Gasteiger partial charge in [-0.05, 0) is 28.1 Å². The third-order valence-corrected chi connectivity index (χ3v) is 2.99. The number of rotatable bonds is 0. The van der Waals surface area contributed by atoms with Crippen LogP contribution in [0.4, 0.5) is 0 Å². The van der Waals surface area contributed by atoms with Gasteiger partial charge in [0, 0.05) is 12.4 Å². The summed E-state index contributed by atoms with van der Waals surface area (Å²) in [5.74, 6) is 0. The molecule has 2 aromatic rings. The molecule has 12 heavy (non-hydrogen) atoms. The summed E-state index contributed by atoms with van der Waals surface area (Å²) >= 11 is 9.37. The first-order valence-corrected chi connectivity index (χ1v) is 4.64. The molecule has 4 heteroatoms. The molecule has 1 aromatic carbocycles. The normalized spacial score (nSPS) is 10.9. The van der Waals surface area contributed by atoms with Crippen LogP contribution in [0.2, 0.25) is 5.02 Å². The topological polar surface area (TPSA) is 17.8 Å². The zero-order chi connectivity index (χ0) is 8.72. The second-order valence-electron chi connectivity index (χ2n) is 2.55. The highest BCUT2D eigenvalue weighted by Crippen LogP contribution is 2.27. The maximum absolute atomic E-state index is 5.95. The first-order valence-electron chi connectivity index (χ1n) is 3.47. The van der Waals surface area contributed by atoms with E-state index in [0.717, 1.165) is 15.5 Å². The Hall–Kier alpha value is -0.540. The van der Waals surface area contributed by atoms with Crippen molar-refractivity contribution in [1.82, 2.24) is 9.78 Å². The van der Waals surface area contributed by atoms with Gasteiger partial charge in [0.15, 0.2) is 0 Å². The number of benzene rings is 1. The fourth-order valence-electron chi connectivity index (χ4n) is 1.15. The van der Waals surface area contributed by atoms with Crippen molar-refractivity contribution >= 4 is 38.4 Å². The molecule has 0 bridgehead atoms. The molecule has 0 saturated heterocycles. The van der Waals surface area contributed by atoms with Gasteiger partial charge in [-0.1, -0.05) is 17.7 Å². The molecule has 0 aliphatic carbocycles. The van der Waals surface area contributed by atoms with Crippen molar-refractivity contribution in [2.45, 2.75) is 0 Å². The summed E-state index contributed by atoms with van der Waals surface area (Å²) in [7, 11) is 1.88. The molecule has 0 saturated carbocycles. The van der Waals surface area contributed by atoms with E-state index in [4.69, 9.17) is 11.6 Å². The molecule has 2 nitrogen and oxygen atoms in total. The molecular formula is C8H6BrClN2. The predicted octanol–water partition coefficient (Wildman–Crippen LogP) is 2.99. The van der Waals surface area contributed by atoms with Gasteiger partial charge in [-0.15, -0.1) is 0 Å². The van der Waals surface area contributed by atoms with E-state index in [0.29, 0.717) is 5.02 Å². The van der Waals surface area contributed by atoms with E-state index < -0.39 is 0 Å². The molecule has 0 amide bonds. The van der Waals surface area contributed by atoms with Gasteiger partial charge in [0.05, 0.1) is 5.02 Å². The molecule has 0 unspecified atom stereocenters. The Balaban J connectivity index is 2.95. The van der Waals surface area contributed by atoms with Crippen molar-refractivity contribution in [2.75, 3.05) is 0 Å². The van der Waals surface area contributed by atoms with Crippen LogP contribution in [0.1, 0.15) is 0 Å². The maximum Gasteiger partial charge on any atom is 0.112 e. The fourth-order valence-corrected chi connectivity index (χ4v) is 1.76. The number of halogens is 2. The number of hydrogen-bond donors (Lipinski definition) is 0. The summed E-state index contributed by atoms with van der Waals surface area (Å²) in [6, 6.07) is 5.73.